The number of hydrogen-bond donors (Lipinski definition) is 1. The SMILES string of the molecule is C=CS(=O)(=O)NC[C@@H]1CN(S(=O)(=O)c2ccc(C(Cc3ccc(C(F)(F)F)cc3)C(=O)N3CCOCC3)cc2)CC1(F)F. The molecule has 0 aliphatic carbocycles. The van der Waals surface area contributed by atoms with E-state index in [9.17, 15) is 43.6 Å². The summed E-state index contributed by atoms with van der Waals surface area (Å²) >= 11 is 0. The van der Waals surface area contributed by atoms with E-state index in [-0.39, 0.29) is 17.2 Å². The molecule has 4 rings (SSSR count). The monoisotopic (exact) mass is 651 g/mol. The molecule has 0 spiro atoms. The standard InChI is InChI=1S/C27H30F5N3O6S2/c1-2-42(37,38)33-16-22-17-35(18-26(22,28)29)43(39,40)23-9-5-20(6-10-23)24(25(36)34-11-13-41-14-12-34)15-19-3-7-21(8-4-19)27(30,31)32/h2-10,22,24,33H,1,11-18H2/t22-,24?/m1/s1. The van der Waals surface area contributed by atoms with Gasteiger partial charge in [-0.05, 0) is 41.8 Å². The molecule has 2 aliphatic heterocycles. The lowest BCUT2D eigenvalue weighted by Gasteiger charge is -2.31. The fourth-order valence-electron chi connectivity index (χ4n) is 4.92. The number of morpholine rings is 1. The molecule has 2 aliphatic rings. The first-order chi connectivity index (χ1) is 20.0. The van der Waals surface area contributed by atoms with Crippen LogP contribution in [0.3, 0.4) is 0 Å². The highest BCUT2D eigenvalue weighted by atomic mass is 32.2. The Labute approximate surface area is 246 Å². The largest absolute Gasteiger partial charge is 0.416 e. The molecule has 0 radical (unpaired) electrons. The predicted molar refractivity (Wildman–Crippen MR) is 146 cm³/mol. The molecule has 2 fully saturated rings. The van der Waals surface area contributed by atoms with Crippen LogP contribution in [0, 0.1) is 5.92 Å². The normalized spacial score (nSPS) is 20.6. The van der Waals surface area contributed by atoms with Crippen LogP contribution in [-0.2, 0) is 42.2 Å². The summed E-state index contributed by atoms with van der Waals surface area (Å²) in [4.78, 5) is 14.8. The molecule has 16 heteroatoms. The third kappa shape index (κ3) is 7.78. The highest BCUT2D eigenvalue weighted by molar-refractivity contribution is 7.92. The highest BCUT2D eigenvalue weighted by Crippen LogP contribution is 2.36. The lowest BCUT2D eigenvalue weighted by atomic mass is 9.90. The molecule has 2 aromatic rings. The van der Waals surface area contributed by atoms with Gasteiger partial charge in [0.1, 0.15) is 0 Å². The molecule has 2 heterocycles. The summed E-state index contributed by atoms with van der Waals surface area (Å²) in [6, 6.07) is 9.52. The average molecular weight is 652 g/mol. The van der Waals surface area contributed by atoms with Crippen LogP contribution in [0.4, 0.5) is 22.0 Å². The first-order valence-electron chi connectivity index (χ1n) is 13.2. The van der Waals surface area contributed by atoms with Crippen LogP contribution in [-0.4, -0.2) is 83.8 Å². The van der Waals surface area contributed by atoms with Crippen molar-refractivity contribution in [3.05, 3.63) is 77.2 Å². The van der Waals surface area contributed by atoms with Crippen molar-refractivity contribution in [2.45, 2.75) is 29.3 Å². The molecule has 9 nitrogen and oxygen atoms in total. The molecule has 1 unspecified atom stereocenters. The maximum atomic E-state index is 14.6. The van der Waals surface area contributed by atoms with Crippen molar-refractivity contribution in [2.24, 2.45) is 5.92 Å². The van der Waals surface area contributed by atoms with Gasteiger partial charge in [0.25, 0.3) is 5.92 Å². The van der Waals surface area contributed by atoms with Crippen LogP contribution in [0.2, 0.25) is 0 Å². The Morgan fingerprint density at radius 3 is 2.21 bits per heavy atom. The Hall–Kier alpha value is -2.92. The Morgan fingerprint density at radius 2 is 1.65 bits per heavy atom. The van der Waals surface area contributed by atoms with E-state index in [2.05, 4.69) is 6.58 Å². The van der Waals surface area contributed by atoms with Crippen molar-refractivity contribution in [3.8, 4) is 0 Å². The van der Waals surface area contributed by atoms with Crippen molar-refractivity contribution in [1.29, 1.82) is 0 Å². The highest BCUT2D eigenvalue weighted by Gasteiger charge is 2.51. The predicted octanol–water partition coefficient (Wildman–Crippen LogP) is 3.21. The van der Waals surface area contributed by atoms with E-state index in [4.69, 9.17) is 4.74 Å². The number of amides is 1. The zero-order valence-corrected chi connectivity index (χ0v) is 24.4. The van der Waals surface area contributed by atoms with E-state index >= 15 is 0 Å². The second-order valence-corrected chi connectivity index (χ2v) is 13.9. The quantitative estimate of drug-likeness (QED) is 0.395. The number of benzene rings is 2. The summed E-state index contributed by atoms with van der Waals surface area (Å²) in [5, 5.41) is 0.560. The van der Waals surface area contributed by atoms with Crippen molar-refractivity contribution in [2.75, 3.05) is 45.9 Å². The van der Waals surface area contributed by atoms with Crippen LogP contribution in [0.25, 0.3) is 0 Å². The van der Waals surface area contributed by atoms with Crippen molar-refractivity contribution < 1.29 is 48.3 Å². The van der Waals surface area contributed by atoms with E-state index in [0.29, 0.717) is 47.1 Å². The number of halogens is 5. The summed E-state index contributed by atoms with van der Waals surface area (Å²) in [6.45, 7) is 1.85. The lowest BCUT2D eigenvalue weighted by Crippen LogP contribution is -2.43. The summed E-state index contributed by atoms with van der Waals surface area (Å²) in [7, 11) is -8.42. The van der Waals surface area contributed by atoms with Gasteiger partial charge in [-0.2, -0.15) is 17.5 Å². The fourth-order valence-corrected chi connectivity index (χ4v) is 6.97. The molecule has 0 bridgehead atoms. The first-order valence-corrected chi connectivity index (χ1v) is 16.1. The molecule has 2 saturated heterocycles. The van der Waals surface area contributed by atoms with Gasteiger partial charge >= 0.3 is 6.18 Å². The number of nitrogens with one attached hydrogen (secondary N) is 1. The smallest absolute Gasteiger partial charge is 0.378 e. The first kappa shape index (κ1) is 33.0. The van der Waals surface area contributed by atoms with Gasteiger partial charge in [-0.15, -0.1) is 0 Å². The van der Waals surface area contributed by atoms with Gasteiger partial charge in [0.15, 0.2) is 0 Å². The number of alkyl halides is 5. The summed E-state index contributed by atoms with van der Waals surface area (Å²) < 4.78 is 126. The number of carbonyl (C=O) groups is 1. The number of carbonyl (C=O) groups excluding carboxylic acids is 1. The van der Waals surface area contributed by atoms with Crippen LogP contribution in [0.15, 0.2) is 65.4 Å². The topological polar surface area (TPSA) is 113 Å². The summed E-state index contributed by atoms with van der Waals surface area (Å²) in [5.74, 6) is -6.31. The van der Waals surface area contributed by atoms with Crippen LogP contribution in [0.5, 0.6) is 0 Å². The van der Waals surface area contributed by atoms with E-state index in [0.717, 1.165) is 12.1 Å². The van der Waals surface area contributed by atoms with Gasteiger partial charge in [0, 0.05) is 31.6 Å². The van der Waals surface area contributed by atoms with E-state index in [1.54, 1.807) is 4.90 Å². The fraction of sp³-hybridized carbons (Fsp3) is 0.444. The molecule has 1 amide bonds. The van der Waals surface area contributed by atoms with E-state index < -0.39 is 69.2 Å². The molecule has 2 aromatic carbocycles. The third-order valence-electron chi connectivity index (χ3n) is 7.42. The number of hydrogen-bond acceptors (Lipinski definition) is 6. The van der Waals surface area contributed by atoms with Gasteiger partial charge < -0.3 is 9.64 Å². The zero-order valence-electron chi connectivity index (χ0n) is 22.8. The maximum Gasteiger partial charge on any atom is 0.416 e. The minimum Gasteiger partial charge on any atom is -0.378 e. The minimum atomic E-state index is -4.53. The number of nitrogens with zero attached hydrogens (tertiary/aromatic N) is 2. The second kappa shape index (κ2) is 12.6. The van der Waals surface area contributed by atoms with E-state index in [1.807, 2.05) is 4.72 Å². The molecule has 236 valence electrons. The Bertz CT molecular complexity index is 1530. The van der Waals surface area contributed by atoms with Gasteiger partial charge in [-0.1, -0.05) is 30.8 Å². The maximum absolute atomic E-state index is 14.6. The summed E-state index contributed by atoms with van der Waals surface area (Å²) in [5.41, 5.74) is 0.00207. The lowest BCUT2D eigenvalue weighted by molar-refractivity contribution is -0.138. The Kier molecular flexibility index (Phi) is 9.66. The number of ether oxygens (including phenoxy) is 1. The Balaban J connectivity index is 1.56. The third-order valence-corrected chi connectivity index (χ3v) is 10.3. The van der Waals surface area contributed by atoms with Crippen LogP contribution >= 0.6 is 0 Å². The summed E-state index contributed by atoms with van der Waals surface area (Å²) in [6.07, 6.45) is -4.50. The van der Waals surface area contributed by atoms with Gasteiger partial charge in [-0.3, -0.25) is 4.79 Å². The number of sulfonamides is 2. The van der Waals surface area contributed by atoms with E-state index in [1.165, 1.54) is 36.4 Å². The van der Waals surface area contributed by atoms with Gasteiger partial charge in [0.2, 0.25) is 26.0 Å². The molecular formula is C27H30F5N3O6S2. The van der Waals surface area contributed by atoms with Crippen LogP contribution < -0.4 is 4.72 Å². The van der Waals surface area contributed by atoms with Crippen LogP contribution in [0.1, 0.15) is 22.6 Å². The molecule has 0 aromatic heterocycles. The molecule has 0 saturated carbocycles. The number of rotatable bonds is 10. The molecular weight excluding hydrogens is 621 g/mol. The molecule has 2 atom stereocenters. The molecule has 43 heavy (non-hydrogen) atoms. The zero-order chi connectivity index (χ0) is 31.6. The Morgan fingerprint density at radius 1 is 1.05 bits per heavy atom. The van der Waals surface area contributed by atoms with Gasteiger partial charge in [-0.25, -0.2) is 30.3 Å². The minimum absolute atomic E-state index is 0.0288. The van der Waals surface area contributed by atoms with Gasteiger partial charge in [0.05, 0.1) is 42.1 Å². The second-order valence-electron chi connectivity index (χ2n) is 10.3. The average Bonchev–Trinajstić information content (AvgIpc) is 3.29. The van der Waals surface area contributed by atoms with Crippen molar-refractivity contribution in [1.82, 2.24) is 13.9 Å². The molecule has 1 N–H and O–H groups in total. The van der Waals surface area contributed by atoms with Crippen molar-refractivity contribution >= 4 is 26.0 Å². The van der Waals surface area contributed by atoms with Crippen molar-refractivity contribution in [3.63, 3.8) is 0 Å².